The first-order chi connectivity index (χ1) is 18.4. The number of nitrogens with two attached hydrogens (primary N) is 1. The highest BCUT2D eigenvalue weighted by Crippen LogP contribution is 2.22. The molecular weight excluding hydrogens is 464 g/mol. The highest BCUT2D eigenvalue weighted by molar-refractivity contribution is 5.61. The second kappa shape index (κ2) is 26.0. The quantitative estimate of drug-likeness (QED) is 0.212. The molecule has 1 aliphatic rings. The highest BCUT2D eigenvalue weighted by Gasteiger charge is 2.06. The van der Waals surface area contributed by atoms with Crippen LogP contribution in [0.3, 0.4) is 0 Å². The summed E-state index contributed by atoms with van der Waals surface area (Å²) < 4.78 is 0. The normalized spacial score (nSPS) is 14.0. The van der Waals surface area contributed by atoms with Gasteiger partial charge in [0, 0.05) is 5.70 Å². The van der Waals surface area contributed by atoms with Crippen molar-refractivity contribution in [1.82, 2.24) is 5.32 Å². The number of benzene rings is 1. The number of hydrogen-bond donors (Lipinski definition) is 2. The van der Waals surface area contributed by atoms with Crippen LogP contribution < -0.4 is 11.1 Å². The molecule has 1 saturated carbocycles. The first-order valence-electron chi connectivity index (χ1n) is 14.6. The molecule has 1 aliphatic carbocycles. The monoisotopic (exact) mass is 522 g/mol. The van der Waals surface area contributed by atoms with Crippen LogP contribution in [0.2, 0.25) is 0 Å². The lowest BCUT2D eigenvalue weighted by molar-refractivity contribution is -0.0979. The molecule has 0 radical (unpaired) electrons. The summed E-state index contributed by atoms with van der Waals surface area (Å²) in [5.74, 6) is 1.04. The van der Waals surface area contributed by atoms with Crippen LogP contribution in [0.5, 0.6) is 0 Å². The van der Waals surface area contributed by atoms with Crippen LogP contribution in [0, 0.1) is 12.8 Å². The van der Waals surface area contributed by atoms with E-state index in [1.807, 2.05) is 26.7 Å². The van der Waals surface area contributed by atoms with Gasteiger partial charge in [0.05, 0.1) is 0 Å². The minimum atomic E-state index is 0.804. The van der Waals surface area contributed by atoms with E-state index >= 15 is 0 Å². The molecule has 0 saturated heterocycles. The summed E-state index contributed by atoms with van der Waals surface area (Å²) in [5, 5.41) is 3.06. The molecule has 0 unspecified atom stereocenters. The molecule has 0 aromatic heterocycles. The van der Waals surface area contributed by atoms with Crippen LogP contribution in [0.4, 0.5) is 0 Å². The summed E-state index contributed by atoms with van der Waals surface area (Å²) in [6.07, 6.45) is 23.3. The third-order valence-corrected chi connectivity index (χ3v) is 6.65. The standard InChI is InChI=1S/C25H36N2.C7H14.C2H6.CH2O/c1-6-25(27-7-2)16-14-20(3)22(5)18-24-19-23(15-13-21(24)4)12-10-8-9-11-17-26;1-7-5-3-2-4-6-7;2*1-2/h6-7,13-16,18-19,27H,1-2,8-12,17,26H2,3-5H3;7H,2-6H2,1H3;1-2H3;1H2/b20-14+,22-18+,25-16+;;;. The maximum Gasteiger partial charge on any atom is 0.106 e. The molecule has 38 heavy (non-hydrogen) atoms. The smallest absolute Gasteiger partial charge is 0.106 e. The molecule has 2 rings (SSSR count). The first-order valence-corrected chi connectivity index (χ1v) is 14.6. The van der Waals surface area contributed by atoms with Gasteiger partial charge in [-0.2, -0.15) is 0 Å². The van der Waals surface area contributed by atoms with Crippen LogP contribution in [-0.2, 0) is 11.2 Å². The summed E-state index contributed by atoms with van der Waals surface area (Å²) in [7, 11) is 0. The average Bonchev–Trinajstić information content (AvgIpc) is 2.95. The molecular formula is C35H58N2O. The van der Waals surface area contributed by atoms with E-state index in [4.69, 9.17) is 10.5 Å². The van der Waals surface area contributed by atoms with Crippen LogP contribution in [0.25, 0.3) is 6.08 Å². The van der Waals surface area contributed by atoms with E-state index in [1.165, 1.54) is 79.2 Å². The zero-order valence-corrected chi connectivity index (χ0v) is 25.6. The number of carbonyl (C=O) groups is 1. The van der Waals surface area contributed by atoms with Gasteiger partial charge in [0.2, 0.25) is 0 Å². The molecule has 1 aromatic rings. The fourth-order valence-electron chi connectivity index (χ4n) is 4.12. The second-order valence-electron chi connectivity index (χ2n) is 9.74. The SMILES string of the molecule is C=CN/C(C=C)=C/C=C(C)/C(C)=C/c1cc(CCCCCCN)ccc1C.C=O.CC.CC1CCCCC1. The van der Waals surface area contributed by atoms with Gasteiger partial charge in [-0.05, 0) is 98.7 Å². The van der Waals surface area contributed by atoms with Crippen molar-refractivity contribution < 1.29 is 4.79 Å². The summed E-state index contributed by atoms with van der Waals surface area (Å²) in [6, 6.07) is 6.82. The van der Waals surface area contributed by atoms with E-state index in [2.05, 4.69) is 76.5 Å². The Balaban J connectivity index is 0. The van der Waals surface area contributed by atoms with Gasteiger partial charge in [0.1, 0.15) is 6.79 Å². The van der Waals surface area contributed by atoms with Crippen molar-refractivity contribution >= 4 is 12.9 Å². The maximum atomic E-state index is 8.00. The predicted molar refractivity (Wildman–Crippen MR) is 172 cm³/mol. The van der Waals surface area contributed by atoms with Crippen molar-refractivity contribution in [1.29, 1.82) is 0 Å². The van der Waals surface area contributed by atoms with Crippen molar-refractivity contribution in [3.8, 4) is 0 Å². The molecule has 0 bridgehead atoms. The summed E-state index contributed by atoms with van der Waals surface area (Å²) >= 11 is 0. The van der Waals surface area contributed by atoms with Gasteiger partial charge in [-0.25, -0.2) is 0 Å². The molecule has 214 valence electrons. The lowest BCUT2D eigenvalue weighted by Crippen LogP contribution is -2.00. The lowest BCUT2D eigenvalue weighted by Gasteiger charge is -2.15. The maximum absolute atomic E-state index is 8.00. The summed E-state index contributed by atoms with van der Waals surface area (Å²) in [6.45, 7) is 23.1. The number of nitrogens with one attached hydrogen (secondary N) is 1. The predicted octanol–water partition coefficient (Wildman–Crippen LogP) is 9.64. The molecule has 0 heterocycles. The van der Waals surface area contributed by atoms with Gasteiger partial charge in [0.15, 0.2) is 0 Å². The van der Waals surface area contributed by atoms with Crippen molar-refractivity contribution in [3.05, 3.63) is 89.3 Å². The zero-order chi connectivity index (χ0) is 29.2. The van der Waals surface area contributed by atoms with Crippen LogP contribution in [-0.4, -0.2) is 13.3 Å². The molecule has 0 atom stereocenters. The number of rotatable bonds is 12. The van der Waals surface area contributed by atoms with Crippen molar-refractivity contribution in [2.24, 2.45) is 11.7 Å². The zero-order valence-electron chi connectivity index (χ0n) is 25.6. The minimum absolute atomic E-state index is 0.804. The Kier molecular flexibility index (Phi) is 25.6. The number of aryl methyl sites for hydroxylation is 2. The largest absolute Gasteiger partial charge is 0.362 e. The molecule has 3 heteroatoms. The number of unbranched alkanes of at least 4 members (excludes halogenated alkanes) is 3. The Morgan fingerprint density at radius 1 is 0.974 bits per heavy atom. The lowest BCUT2D eigenvalue weighted by atomic mass is 9.91. The van der Waals surface area contributed by atoms with Crippen molar-refractivity contribution in [2.45, 2.75) is 106 Å². The van der Waals surface area contributed by atoms with Crippen LogP contribution >= 0.6 is 0 Å². The average molecular weight is 523 g/mol. The third-order valence-electron chi connectivity index (χ3n) is 6.65. The molecule has 0 amide bonds. The summed E-state index contributed by atoms with van der Waals surface area (Å²) in [5.41, 5.74) is 13.0. The number of hydrogen-bond acceptors (Lipinski definition) is 3. The fourth-order valence-corrected chi connectivity index (χ4v) is 4.12. The second-order valence-corrected chi connectivity index (χ2v) is 9.74. The van der Waals surface area contributed by atoms with E-state index in [0.29, 0.717) is 0 Å². The minimum Gasteiger partial charge on any atom is -0.362 e. The Morgan fingerprint density at radius 3 is 2.13 bits per heavy atom. The van der Waals surface area contributed by atoms with E-state index in [-0.39, 0.29) is 0 Å². The van der Waals surface area contributed by atoms with Crippen LogP contribution in [0.15, 0.2) is 72.6 Å². The third kappa shape index (κ3) is 18.6. The topological polar surface area (TPSA) is 55.1 Å². The molecule has 1 aromatic carbocycles. The van der Waals surface area contributed by atoms with Crippen molar-refractivity contribution in [2.75, 3.05) is 6.54 Å². The molecule has 0 spiro atoms. The Morgan fingerprint density at radius 2 is 1.61 bits per heavy atom. The van der Waals surface area contributed by atoms with Gasteiger partial charge < -0.3 is 15.8 Å². The highest BCUT2D eigenvalue weighted by atomic mass is 16.1. The molecule has 3 nitrogen and oxygen atoms in total. The molecule has 3 N–H and O–H groups in total. The van der Waals surface area contributed by atoms with E-state index in [0.717, 1.165) is 31.0 Å². The Bertz CT molecular complexity index is 841. The van der Waals surface area contributed by atoms with E-state index in [1.54, 1.807) is 12.3 Å². The van der Waals surface area contributed by atoms with Gasteiger partial charge in [-0.3, -0.25) is 0 Å². The number of carbonyl (C=O) groups excluding carboxylic acids is 1. The number of allylic oxidation sites excluding steroid dienone is 5. The molecule has 0 aliphatic heterocycles. The van der Waals surface area contributed by atoms with Gasteiger partial charge in [0.25, 0.3) is 0 Å². The Labute approximate surface area is 236 Å². The summed E-state index contributed by atoms with van der Waals surface area (Å²) in [4.78, 5) is 8.00. The van der Waals surface area contributed by atoms with Crippen molar-refractivity contribution in [3.63, 3.8) is 0 Å². The molecule has 1 fully saturated rings. The Hall–Kier alpha value is -2.65. The van der Waals surface area contributed by atoms with E-state index < -0.39 is 0 Å². The fraction of sp³-hybridized carbons (Fsp3) is 0.514. The van der Waals surface area contributed by atoms with Gasteiger partial charge in [-0.15, -0.1) is 0 Å². The van der Waals surface area contributed by atoms with Crippen LogP contribution in [0.1, 0.15) is 109 Å². The van der Waals surface area contributed by atoms with E-state index in [9.17, 15) is 0 Å². The first kappa shape index (κ1) is 37.5. The van der Waals surface area contributed by atoms with Gasteiger partial charge >= 0.3 is 0 Å². The van der Waals surface area contributed by atoms with Gasteiger partial charge in [-0.1, -0.05) is 109 Å².